The lowest BCUT2D eigenvalue weighted by Gasteiger charge is -2.16. The normalized spacial score (nSPS) is 13.4. The number of halogens is 2. The molecule has 1 aromatic heterocycles. The van der Waals surface area contributed by atoms with E-state index in [4.69, 9.17) is 15.2 Å². The Morgan fingerprint density at radius 1 is 0.905 bits per heavy atom. The number of ether oxygens (including phenoxy) is 2. The van der Waals surface area contributed by atoms with Crippen LogP contribution in [-0.2, 0) is 16.2 Å². The van der Waals surface area contributed by atoms with E-state index in [1.807, 2.05) is 30.3 Å². The van der Waals surface area contributed by atoms with E-state index in [-0.39, 0.29) is 17.0 Å². The molecule has 1 saturated carbocycles. The zero-order chi connectivity index (χ0) is 29.3. The second-order valence-electron chi connectivity index (χ2n) is 10.1. The van der Waals surface area contributed by atoms with Crippen molar-refractivity contribution in [3.63, 3.8) is 0 Å². The molecule has 1 heterocycles. The molecule has 1 aliphatic carbocycles. The van der Waals surface area contributed by atoms with Crippen LogP contribution in [0, 0.1) is 17.0 Å². The Morgan fingerprint density at radius 2 is 1.71 bits per heavy atom. The van der Waals surface area contributed by atoms with Crippen molar-refractivity contribution in [2.75, 3.05) is 5.32 Å². The van der Waals surface area contributed by atoms with E-state index in [1.54, 1.807) is 36.5 Å². The van der Waals surface area contributed by atoms with Crippen LogP contribution in [0.1, 0.15) is 18.4 Å². The van der Waals surface area contributed by atoms with Crippen molar-refractivity contribution in [1.82, 2.24) is 4.98 Å². The lowest BCUT2D eigenvalue weighted by Crippen LogP contribution is -2.36. The minimum atomic E-state index is -1.27. The minimum Gasteiger partial charge on any atom is -0.489 e. The van der Waals surface area contributed by atoms with E-state index in [9.17, 15) is 14.0 Å². The number of amides is 2. The Kier molecular flexibility index (Phi) is 7.00. The molecule has 1 fully saturated rings. The summed E-state index contributed by atoms with van der Waals surface area (Å²) >= 11 is 0. The van der Waals surface area contributed by atoms with Gasteiger partial charge in [0.25, 0.3) is 0 Å². The molecule has 9 heteroatoms. The predicted octanol–water partition coefficient (Wildman–Crippen LogP) is 6.76. The highest BCUT2D eigenvalue weighted by atomic mass is 19.1. The predicted molar refractivity (Wildman–Crippen MR) is 154 cm³/mol. The minimum absolute atomic E-state index is 0.0525. The van der Waals surface area contributed by atoms with E-state index in [1.165, 1.54) is 30.3 Å². The molecule has 0 atom stereocenters. The molecule has 42 heavy (non-hydrogen) atoms. The first-order chi connectivity index (χ1) is 20.3. The number of nitrogens with one attached hydrogen (secondary N) is 1. The third-order valence-electron chi connectivity index (χ3n) is 7.27. The van der Waals surface area contributed by atoms with E-state index >= 15 is 4.39 Å². The fraction of sp³-hybridized carbons (Fsp3) is 0.121. The number of benzene rings is 4. The molecule has 0 unspecified atom stereocenters. The Hall–Kier alpha value is -5.31. The average Bonchev–Trinajstić information content (AvgIpc) is 3.81. The maximum absolute atomic E-state index is 15.3. The maximum Gasteiger partial charge on any atom is 0.240 e. The summed E-state index contributed by atoms with van der Waals surface area (Å²) in [6, 6.07) is 24.7. The van der Waals surface area contributed by atoms with Gasteiger partial charge >= 0.3 is 0 Å². The van der Waals surface area contributed by atoms with Crippen LogP contribution < -0.4 is 20.5 Å². The number of carbonyl (C=O) groups excluding carboxylic acids is 2. The highest BCUT2D eigenvalue weighted by molar-refractivity contribution is 6.13. The summed E-state index contributed by atoms with van der Waals surface area (Å²) in [4.78, 5) is 28.9. The van der Waals surface area contributed by atoms with Gasteiger partial charge < -0.3 is 20.5 Å². The molecule has 0 bridgehead atoms. The molecule has 5 aromatic rings. The van der Waals surface area contributed by atoms with E-state index in [0.29, 0.717) is 47.4 Å². The molecule has 1 aliphatic rings. The quantitative estimate of drug-likeness (QED) is 0.192. The van der Waals surface area contributed by atoms with Crippen LogP contribution in [0.2, 0.25) is 0 Å². The van der Waals surface area contributed by atoms with Crippen molar-refractivity contribution in [1.29, 1.82) is 0 Å². The van der Waals surface area contributed by atoms with E-state index in [0.717, 1.165) is 5.56 Å². The molecule has 0 saturated heterocycles. The molecule has 6 rings (SSSR count). The number of hydrogen-bond acceptors (Lipinski definition) is 5. The Morgan fingerprint density at radius 3 is 2.45 bits per heavy atom. The van der Waals surface area contributed by atoms with Crippen LogP contribution in [0.25, 0.3) is 22.0 Å². The Balaban J connectivity index is 1.23. The van der Waals surface area contributed by atoms with Crippen molar-refractivity contribution >= 4 is 28.4 Å². The third-order valence-corrected chi connectivity index (χ3v) is 7.27. The van der Waals surface area contributed by atoms with Crippen molar-refractivity contribution in [2.45, 2.75) is 19.4 Å². The van der Waals surface area contributed by atoms with Gasteiger partial charge in [-0.05, 0) is 72.5 Å². The molecular weight excluding hydrogens is 540 g/mol. The van der Waals surface area contributed by atoms with Gasteiger partial charge in [0.2, 0.25) is 11.8 Å². The van der Waals surface area contributed by atoms with Crippen molar-refractivity contribution in [2.24, 2.45) is 11.1 Å². The van der Waals surface area contributed by atoms with Crippen LogP contribution in [0.4, 0.5) is 14.5 Å². The van der Waals surface area contributed by atoms with Crippen LogP contribution in [0.15, 0.2) is 97.2 Å². The number of anilines is 1. The summed E-state index contributed by atoms with van der Waals surface area (Å²) in [5.74, 6) is -1.58. The first-order valence-electron chi connectivity index (χ1n) is 13.3. The first kappa shape index (κ1) is 26.9. The monoisotopic (exact) mass is 565 g/mol. The second kappa shape index (κ2) is 10.9. The summed E-state index contributed by atoms with van der Waals surface area (Å²) in [6.07, 6.45) is 2.25. The summed E-state index contributed by atoms with van der Waals surface area (Å²) in [7, 11) is 0. The summed E-state index contributed by atoms with van der Waals surface area (Å²) in [5, 5.41) is 3.32. The van der Waals surface area contributed by atoms with Crippen molar-refractivity contribution < 1.29 is 27.8 Å². The largest absolute Gasteiger partial charge is 0.489 e. The Bertz CT molecular complexity index is 1820. The average molecular weight is 566 g/mol. The molecule has 210 valence electrons. The highest BCUT2D eigenvalue weighted by Crippen LogP contribution is 2.47. The molecule has 0 radical (unpaired) electrons. The van der Waals surface area contributed by atoms with Crippen LogP contribution in [-0.4, -0.2) is 16.8 Å². The third kappa shape index (κ3) is 5.36. The number of rotatable bonds is 9. The van der Waals surface area contributed by atoms with Gasteiger partial charge in [-0.1, -0.05) is 36.4 Å². The summed E-state index contributed by atoms with van der Waals surface area (Å²) in [5.41, 5.74) is 6.56. The fourth-order valence-corrected chi connectivity index (χ4v) is 4.71. The smallest absolute Gasteiger partial charge is 0.240 e. The molecule has 0 aliphatic heterocycles. The second-order valence-corrected chi connectivity index (χ2v) is 10.1. The standard InChI is InChI=1S/C33H25F2N3O4/c34-22-7-10-27(38-32(40)33(13-14-33)31(36)39)25(17-22)21-6-11-30(26(35)16-21)42-29-12-15-37-28-18-23(8-9-24(28)29)41-19-20-4-2-1-3-5-20/h1-12,15-18H,13-14,19H2,(H2,36,39)(H,38,40). The van der Waals surface area contributed by atoms with Gasteiger partial charge in [0.05, 0.1) is 5.52 Å². The molecule has 3 N–H and O–H groups in total. The van der Waals surface area contributed by atoms with Crippen LogP contribution in [0.5, 0.6) is 17.2 Å². The molecule has 0 spiro atoms. The van der Waals surface area contributed by atoms with Crippen molar-refractivity contribution in [3.05, 3.63) is 114 Å². The number of carbonyl (C=O) groups is 2. The molecule has 7 nitrogen and oxygen atoms in total. The lowest BCUT2D eigenvalue weighted by atomic mass is 10.0. The summed E-state index contributed by atoms with van der Waals surface area (Å²) in [6.45, 7) is 0.406. The molecule has 2 amide bonds. The zero-order valence-electron chi connectivity index (χ0n) is 22.3. The summed E-state index contributed by atoms with van der Waals surface area (Å²) < 4.78 is 41.4. The number of hydrogen-bond donors (Lipinski definition) is 2. The number of aromatic nitrogens is 1. The lowest BCUT2D eigenvalue weighted by molar-refractivity contribution is -0.132. The van der Waals surface area contributed by atoms with E-state index < -0.39 is 28.9 Å². The van der Waals surface area contributed by atoms with Crippen LogP contribution >= 0.6 is 0 Å². The first-order valence-corrected chi connectivity index (χ1v) is 13.3. The number of nitrogens with two attached hydrogens (primary N) is 1. The number of fused-ring (bicyclic) bond motifs is 1. The number of pyridine rings is 1. The number of nitrogens with zero attached hydrogens (tertiary/aromatic N) is 1. The number of primary amides is 1. The van der Waals surface area contributed by atoms with Crippen molar-refractivity contribution in [3.8, 4) is 28.4 Å². The van der Waals surface area contributed by atoms with E-state index in [2.05, 4.69) is 10.3 Å². The zero-order valence-corrected chi connectivity index (χ0v) is 22.3. The highest BCUT2D eigenvalue weighted by Gasteiger charge is 2.55. The van der Waals surface area contributed by atoms with Gasteiger partial charge in [-0.15, -0.1) is 0 Å². The van der Waals surface area contributed by atoms with Crippen LogP contribution in [0.3, 0.4) is 0 Å². The molecular formula is C33H25F2N3O4. The van der Waals surface area contributed by atoms with Gasteiger partial charge in [0, 0.05) is 28.9 Å². The Labute approximate surface area is 239 Å². The maximum atomic E-state index is 15.3. The SMILES string of the molecule is NC(=O)C1(C(=O)Nc2ccc(F)cc2-c2ccc(Oc3ccnc4cc(OCc5ccccc5)ccc34)c(F)c2)CC1. The van der Waals surface area contributed by atoms with Gasteiger partial charge in [-0.3, -0.25) is 14.6 Å². The van der Waals surface area contributed by atoms with Gasteiger partial charge in [0.15, 0.2) is 11.6 Å². The fourth-order valence-electron chi connectivity index (χ4n) is 4.71. The topological polar surface area (TPSA) is 104 Å². The van der Waals surface area contributed by atoms with Gasteiger partial charge in [-0.25, -0.2) is 8.78 Å². The van der Waals surface area contributed by atoms with Gasteiger partial charge in [-0.2, -0.15) is 0 Å². The van der Waals surface area contributed by atoms with Gasteiger partial charge in [0.1, 0.15) is 29.3 Å². The molecule has 4 aromatic carbocycles.